The van der Waals surface area contributed by atoms with Gasteiger partial charge in [-0.1, -0.05) is 0 Å². The molecule has 0 aromatic heterocycles. The van der Waals surface area contributed by atoms with Gasteiger partial charge in [0.05, 0.1) is 0 Å². The van der Waals surface area contributed by atoms with Crippen LogP contribution >= 0.6 is 17.0 Å². The molecule has 4 N–H and O–H groups in total. The summed E-state index contributed by atoms with van der Waals surface area (Å²) in [5.41, 5.74) is 5.01. The standard InChI is InChI=1S/C6H14N4O.BrH/c1-4(5(7)11)10-6(8-2)9-3;/h4H,1-3H3,(H2,7,11)(H2,8,9,10);1H/t4-;/m1./s1. The van der Waals surface area contributed by atoms with E-state index < -0.39 is 11.9 Å². The van der Waals surface area contributed by atoms with Crippen molar-refractivity contribution in [3.8, 4) is 0 Å². The number of primary amides is 1. The smallest absolute Gasteiger partial charge is 0.239 e. The number of rotatable bonds is 2. The molecular weight excluding hydrogens is 224 g/mol. The first-order valence-corrected chi connectivity index (χ1v) is 3.32. The third-order valence-electron chi connectivity index (χ3n) is 1.24. The number of hydrogen-bond donors (Lipinski definition) is 3. The Hall–Kier alpha value is -0.780. The largest absolute Gasteiger partial charge is 0.368 e. The molecule has 0 aliphatic rings. The molecule has 0 unspecified atom stereocenters. The second-order valence-corrected chi connectivity index (χ2v) is 2.09. The van der Waals surface area contributed by atoms with E-state index in [1.165, 1.54) is 0 Å². The summed E-state index contributed by atoms with van der Waals surface area (Å²) in [5, 5.41) is 5.55. The molecule has 0 rings (SSSR count). The van der Waals surface area contributed by atoms with E-state index in [1.807, 2.05) is 0 Å². The van der Waals surface area contributed by atoms with E-state index in [-0.39, 0.29) is 17.0 Å². The lowest BCUT2D eigenvalue weighted by atomic mass is 10.3. The van der Waals surface area contributed by atoms with E-state index in [2.05, 4.69) is 15.6 Å². The van der Waals surface area contributed by atoms with Crippen LogP contribution in [0.25, 0.3) is 0 Å². The second kappa shape index (κ2) is 6.90. The van der Waals surface area contributed by atoms with E-state index in [1.54, 1.807) is 21.0 Å². The number of aliphatic imine (C=N–C) groups is 1. The number of halogens is 1. The molecule has 0 radical (unpaired) electrons. The van der Waals surface area contributed by atoms with Gasteiger partial charge >= 0.3 is 0 Å². The average Bonchev–Trinajstić information content (AvgIpc) is 1.99. The van der Waals surface area contributed by atoms with Gasteiger partial charge in [-0.05, 0) is 6.92 Å². The number of nitrogens with one attached hydrogen (secondary N) is 2. The molecule has 5 nitrogen and oxygen atoms in total. The topological polar surface area (TPSA) is 79.5 Å². The van der Waals surface area contributed by atoms with Gasteiger partial charge in [0.25, 0.3) is 0 Å². The van der Waals surface area contributed by atoms with Crippen LogP contribution < -0.4 is 16.4 Å². The molecule has 72 valence electrons. The van der Waals surface area contributed by atoms with E-state index in [4.69, 9.17) is 5.73 Å². The van der Waals surface area contributed by atoms with Gasteiger partial charge in [-0.3, -0.25) is 9.79 Å². The molecule has 12 heavy (non-hydrogen) atoms. The van der Waals surface area contributed by atoms with E-state index in [9.17, 15) is 4.79 Å². The number of carbonyl (C=O) groups is 1. The highest BCUT2D eigenvalue weighted by Gasteiger charge is 2.08. The van der Waals surface area contributed by atoms with Crippen LogP contribution in [0.3, 0.4) is 0 Å². The number of amides is 1. The lowest BCUT2D eigenvalue weighted by Crippen LogP contribution is -2.46. The molecule has 0 heterocycles. The quantitative estimate of drug-likeness (QED) is 0.437. The van der Waals surface area contributed by atoms with Crippen LogP contribution in [0, 0.1) is 0 Å². The lowest BCUT2D eigenvalue weighted by molar-refractivity contribution is -0.119. The molecule has 0 aromatic carbocycles. The van der Waals surface area contributed by atoms with Gasteiger partial charge < -0.3 is 16.4 Å². The van der Waals surface area contributed by atoms with Gasteiger partial charge in [-0.15, -0.1) is 17.0 Å². The van der Waals surface area contributed by atoms with Crippen LogP contribution in [0.1, 0.15) is 6.92 Å². The average molecular weight is 239 g/mol. The Morgan fingerprint density at radius 1 is 1.58 bits per heavy atom. The summed E-state index contributed by atoms with van der Waals surface area (Å²) >= 11 is 0. The number of hydrogen-bond acceptors (Lipinski definition) is 2. The summed E-state index contributed by atoms with van der Waals surface area (Å²) in [6.07, 6.45) is 0. The van der Waals surface area contributed by atoms with Crippen molar-refractivity contribution in [2.75, 3.05) is 14.1 Å². The molecule has 6 heteroatoms. The van der Waals surface area contributed by atoms with Crippen LogP contribution in [0.15, 0.2) is 4.99 Å². The molecule has 1 atom stereocenters. The van der Waals surface area contributed by atoms with Crippen molar-refractivity contribution in [1.29, 1.82) is 0 Å². The fraction of sp³-hybridized carbons (Fsp3) is 0.667. The fourth-order valence-electron chi connectivity index (χ4n) is 0.525. The highest BCUT2D eigenvalue weighted by Crippen LogP contribution is 1.77. The van der Waals surface area contributed by atoms with Gasteiger partial charge in [0, 0.05) is 14.1 Å². The Kier molecular flexibility index (Phi) is 7.93. The van der Waals surface area contributed by atoms with Crippen molar-refractivity contribution in [2.45, 2.75) is 13.0 Å². The SMILES string of the molecule is Br.CN=C(NC)N[C@H](C)C(N)=O. The summed E-state index contributed by atoms with van der Waals surface area (Å²) < 4.78 is 0. The van der Waals surface area contributed by atoms with E-state index in [0.29, 0.717) is 5.96 Å². The minimum Gasteiger partial charge on any atom is -0.368 e. The predicted octanol–water partition coefficient (Wildman–Crippen LogP) is -0.767. The molecule has 0 fully saturated rings. The zero-order chi connectivity index (χ0) is 8.85. The van der Waals surface area contributed by atoms with E-state index >= 15 is 0 Å². The molecule has 0 aliphatic carbocycles. The van der Waals surface area contributed by atoms with Crippen LogP contribution in [-0.4, -0.2) is 32.0 Å². The predicted molar refractivity (Wildman–Crippen MR) is 54.5 cm³/mol. The van der Waals surface area contributed by atoms with Crippen molar-refractivity contribution in [2.24, 2.45) is 10.7 Å². The highest BCUT2D eigenvalue weighted by molar-refractivity contribution is 8.93. The lowest BCUT2D eigenvalue weighted by Gasteiger charge is -2.12. The molecule has 0 bridgehead atoms. The maximum absolute atomic E-state index is 10.5. The normalized spacial score (nSPS) is 12.8. The van der Waals surface area contributed by atoms with Crippen molar-refractivity contribution < 1.29 is 4.79 Å². The molecule has 1 amide bonds. The first kappa shape index (κ1) is 13.8. The summed E-state index contributed by atoms with van der Waals surface area (Å²) in [7, 11) is 3.33. The molecular formula is C6H15BrN4O. The van der Waals surface area contributed by atoms with Gasteiger partial charge in [0.2, 0.25) is 5.91 Å². The first-order valence-electron chi connectivity index (χ1n) is 3.32. The molecule has 0 saturated heterocycles. The Morgan fingerprint density at radius 3 is 2.33 bits per heavy atom. The minimum absolute atomic E-state index is 0. The first-order chi connectivity index (χ1) is 5.11. The third-order valence-corrected chi connectivity index (χ3v) is 1.24. The van der Waals surface area contributed by atoms with Crippen LogP contribution in [0.5, 0.6) is 0 Å². The Bertz CT molecular complexity index is 171. The summed E-state index contributed by atoms with van der Waals surface area (Å²) in [4.78, 5) is 14.4. The van der Waals surface area contributed by atoms with Crippen LogP contribution in [0.2, 0.25) is 0 Å². The third kappa shape index (κ3) is 4.95. The second-order valence-electron chi connectivity index (χ2n) is 2.09. The maximum Gasteiger partial charge on any atom is 0.239 e. The van der Waals surface area contributed by atoms with Crippen molar-refractivity contribution in [3.05, 3.63) is 0 Å². The summed E-state index contributed by atoms with van der Waals surface area (Å²) in [6, 6.07) is -0.402. The van der Waals surface area contributed by atoms with Gasteiger partial charge in [0.1, 0.15) is 6.04 Å². The van der Waals surface area contributed by atoms with Gasteiger partial charge in [-0.25, -0.2) is 0 Å². The zero-order valence-electron chi connectivity index (χ0n) is 7.42. The summed E-state index contributed by atoms with van der Waals surface area (Å²) in [6.45, 7) is 1.67. The van der Waals surface area contributed by atoms with E-state index in [0.717, 1.165) is 0 Å². The Morgan fingerprint density at radius 2 is 2.08 bits per heavy atom. The Balaban J connectivity index is 0. The van der Waals surface area contributed by atoms with Crippen molar-refractivity contribution in [3.63, 3.8) is 0 Å². The Labute approximate surface area is 82.6 Å². The van der Waals surface area contributed by atoms with Gasteiger partial charge in [-0.2, -0.15) is 0 Å². The van der Waals surface area contributed by atoms with Gasteiger partial charge in [0.15, 0.2) is 5.96 Å². The monoisotopic (exact) mass is 238 g/mol. The maximum atomic E-state index is 10.5. The van der Waals surface area contributed by atoms with Crippen LogP contribution in [-0.2, 0) is 4.79 Å². The summed E-state index contributed by atoms with van der Waals surface area (Å²) in [5.74, 6) is 0.151. The van der Waals surface area contributed by atoms with Crippen LogP contribution in [0.4, 0.5) is 0 Å². The molecule has 0 spiro atoms. The van der Waals surface area contributed by atoms with Crippen molar-refractivity contribution in [1.82, 2.24) is 10.6 Å². The van der Waals surface area contributed by atoms with Crippen molar-refractivity contribution >= 4 is 28.8 Å². The zero-order valence-corrected chi connectivity index (χ0v) is 9.13. The number of nitrogens with two attached hydrogens (primary N) is 1. The minimum atomic E-state index is -0.402. The fourth-order valence-corrected chi connectivity index (χ4v) is 0.525. The molecule has 0 aromatic rings. The molecule has 0 aliphatic heterocycles. The number of carbonyl (C=O) groups excluding carboxylic acids is 1. The number of nitrogens with zero attached hydrogens (tertiary/aromatic N) is 1. The highest BCUT2D eigenvalue weighted by atomic mass is 79.9. The number of guanidine groups is 1. The molecule has 0 saturated carbocycles.